The minimum absolute atomic E-state index is 0.0727. The second kappa shape index (κ2) is 6.23. The highest BCUT2D eigenvalue weighted by atomic mass is 35.5. The fourth-order valence-electron chi connectivity index (χ4n) is 1.77. The minimum Gasteiger partial charge on any atom is -0.392 e. The van der Waals surface area contributed by atoms with E-state index in [1.54, 1.807) is 24.3 Å². The van der Waals surface area contributed by atoms with Crippen molar-refractivity contribution in [3.8, 4) is 0 Å². The number of nitrogens with one attached hydrogen (secondary N) is 1. The minimum atomic E-state index is -3.89. The molecule has 0 aliphatic rings. The smallest absolute Gasteiger partial charge is 0.263 e. The molecule has 2 rings (SSSR count). The Bertz CT molecular complexity index is 776. The molecule has 4 nitrogen and oxygen atoms in total. The average molecular weight is 346 g/mol. The average Bonchev–Trinajstić information content (AvgIpc) is 2.43. The van der Waals surface area contributed by atoms with Gasteiger partial charge in [0.25, 0.3) is 10.0 Å². The maximum Gasteiger partial charge on any atom is 0.263 e. The van der Waals surface area contributed by atoms with Gasteiger partial charge in [-0.15, -0.1) is 0 Å². The summed E-state index contributed by atoms with van der Waals surface area (Å²) in [5, 5.41) is 9.47. The quantitative estimate of drug-likeness (QED) is 0.889. The van der Waals surface area contributed by atoms with E-state index in [1.165, 1.54) is 12.1 Å². The Morgan fingerprint density at radius 1 is 1.10 bits per heavy atom. The second-order valence-corrected chi connectivity index (χ2v) is 6.98. The lowest BCUT2D eigenvalue weighted by Crippen LogP contribution is -2.14. The van der Waals surface area contributed by atoms with E-state index in [2.05, 4.69) is 4.72 Å². The molecule has 0 saturated heterocycles. The topological polar surface area (TPSA) is 66.4 Å². The lowest BCUT2D eigenvalue weighted by molar-refractivity contribution is 0.281. The number of aliphatic hydroxyl groups excluding tert-OH is 1. The van der Waals surface area contributed by atoms with Crippen LogP contribution >= 0.6 is 23.2 Å². The monoisotopic (exact) mass is 345 g/mol. The molecule has 2 aromatic carbocycles. The van der Waals surface area contributed by atoms with Crippen molar-refractivity contribution in [2.45, 2.75) is 18.4 Å². The summed E-state index contributed by atoms with van der Waals surface area (Å²) in [5.74, 6) is 0. The Balaban J connectivity index is 2.45. The van der Waals surface area contributed by atoms with Gasteiger partial charge in [-0.1, -0.05) is 35.3 Å². The fraction of sp³-hybridized carbons (Fsp3) is 0.143. The molecule has 0 aliphatic carbocycles. The van der Waals surface area contributed by atoms with Crippen LogP contribution < -0.4 is 4.72 Å². The third kappa shape index (κ3) is 3.68. The molecule has 0 heterocycles. The zero-order chi connectivity index (χ0) is 15.6. The van der Waals surface area contributed by atoms with Gasteiger partial charge in [-0.2, -0.15) is 0 Å². The molecule has 0 aromatic heterocycles. The van der Waals surface area contributed by atoms with Crippen molar-refractivity contribution in [2.75, 3.05) is 4.72 Å². The van der Waals surface area contributed by atoms with Crippen LogP contribution in [0.1, 0.15) is 11.1 Å². The van der Waals surface area contributed by atoms with Crippen LogP contribution in [0.2, 0.25) is 10.0 Å². The van der Waals surface area contributed by atoms with Gasteiger partial charge in [-0.25, -0.2) is 8.42 Å². The third-order valence-corrected chi connectivity index (χ3v) is 5.01. The third-order valence-electron chi connectivity index (χ3n) is 2.83. The predicted molar refractivity (Wildman–Crippen MR) is 84.4 cm³/mol. The van der Waals surface area contributed by atoms with Crippen LogP contribution in [0.5, 0.6) is 0 Å². The van der Waals surface area contributed by atoms with Crippen LogP contribution in [-0.2, 0) is 16.6 Å². The Morgan fingerprint density at radius 2 is 1.76 bits per heavy atom. The summed E-state index contributed by atoms with van der Waals surface area (Å²) in [5.41, 5.74) is 1.60. The first-order valence-electron chi connectivity index (χ1n) is 6.02. The highest BCUT2D eigenvalue weighted by Crippen LogP contribution is 2.29. The van der Waals surface area contributed by atoms with Crippen molar-refractivity contribution in [2.24, 2.45) is 0 Å². The number of sulfonamides is 1. The molecule has 0 fully saturated rings. The van der Waals surface area contributed by atoms with Crippen molar-refractivity contribution >= 4 is 38.9 Å². The van der Waals surface area contributed by atoms with Gasteiger partial charge in [0.1, 0.15) is 4.90 Å². The summed E-state index contributed by atoms with van der Waals surface area (Å²) in [6.07, 6.45) is 0. The number of aryl methyl sites for hydroxylation is 1. The molecular formula is C14H13Cl2NO3S. The summed E-state index contributed by atoms with van der Waals surface area (Å²) in [4.78, 5) is -0.103. The van der Waals surface area contributed by atoms with Crippen molar-refractivity contribution in [1.82, 2.24) is 0 Å². The number of hydrogen-bond donors (Lipinski definition) is 2. The van der Waals surface area contributed by atoms with Crippen LogP contribution in [0.3, 0.4) is 0 Å². The van der Waals surface area contributed by atoms with Crippen LogP contribution in [0.4, 0.5) is 5.69 Å². The molecule has 2 N–H and O–H groups in total. The van der Waals surface area contributed by atoms with Gasteiger partial charge in [-0.3, -0.25) is 4.72 Å². The van der Waals surface area contributed by atoms with E-state index >= 15 is 0 Å². The number of aliphatic hydroxyl groups is 1. The van der Waals surface area contributed by atoms with E-state index in [-0.39, 0.29) is 22.2 Å². The molecule has 0 radical (unpaired) electrons. The number of benzene rings is 2. The first kappa shape index (κ1) is 16.1. The Morgan fingerprint density at radius 3 is 2.43 bits per heavy atom. The second-order valence-electron chi connectivity index (χ2n) is 4.51. The summed E-state index contributed by atoms with van der Waals surface area (Å²) in [6, 6.07) is 9.33. The van der Waals surface area contributed by atoms with Gasteiger partial charge in [0, 0.05) is 0 Å². The maximum absolute atomic E-state index is 12.4. The van der Waals surface area contributed by atoms with E-state index in [4.69, 9.17) is 28.3 Å². The van der Waals surface area contributed by atoms with Gasteiger partial charge in [-0.05, 0) is 42.3 Å². The molecule has 0 amide bonds. The number of rotatable bonds is 4. The first-order chi connectivity index (χ1) is 9.83. The van der Waals surface area contributed by atoms with E-state index in [0.717, 1.165) is 5.56 Å². The summed E-state index contributed by atoms with van der Waals surface area (Å²) >= 11 is 11.9. The molecule has 0 spiro atoms. The van der Waals surface area contributed by atoms with E-state index < -0.39 is 10.0 Å². The molecule has 112 valence electrons. The number of anilines is 1. The van der Waals surface area contributed by atoms with Gasteiger partial charge in [0.05, 0.1) is 22.3 Å². The van der Waals surface area contributed by atoms with E-state index in [0.29, 0.717) is 10.6 Å². The van der Waals surface area contributed by atoms with E-state index in [1.807, 2.05) is 6.92 Å². The zero-order valence-corrected chi connectivity index (χ0v) is 13.4. The molecule has 0 saturated carbocycles. The normalized spacial score (nSPS) is 11.4. The van der Waals surface area contributed by atoms with Gasteiger partial charge in [0.15, 0.2) is 0 Å². The molecule has 0 bridgehead atoms. The largest absolute Gasteiger partial charge is 0.392 e. The molecule has 0 aliphatic heterocycles. The SMILES string of the molecule is Cc1ccc(Cl)c(NS(=O)(=O)c2cc(CO)ccc2Cl)c1. The van der Waals surface area contributed by atoms with Crippen LogP contribution in [0.25, 0.3) is 0 Å². The fourth-order valence-corrected chi connectivity index (χ4v) is 3.61. The van der Waals surface area contributed by atoms with Gasteiger partial charge in [0.2, 0.25) is 0 Å². The summed E-state index contributed by atoms with van der Waals surface area (Å²) < 4.78 is 27.2. The van der Waals surface area contributed by atoms with Crippen molar-refractivity contribution in [1.29, 1.82) is 0 Å². The molecular weight excluding hydrogens is 333 g/mol. The summed E-state index contributed by atoms with van der Waals surface area (Å²) in [6.45, 7) is 1.55. The van der Waals surface area contributed by atoms with E-state index in [9.17, 15) is 8.42 Å². The molecule has 21 heavy (non-hydrogen) atoms. The van der Waals surface area contributed by atoms with Crippen molar-refractivity contribution < 1.29 is 13.5 Å². The maximum atomic E-state index is 12.4. The zero-order valence-electron chi connectivity index (χ0n) is 11.1. The van der Waals surface area contributed by atoms with Crippen LogP contribution in [-0.4, -0.2) is 13.5 Å². The molecule has 0 atom stereocenters. The first-order valence-corrected chi connectivity index (χ1v) is 8.25. The standard InChI is InChI=1S/C14H13Cl2NO3S/c1-9-2-4-11(15)13(6-9)17-21(19,20)14-7-10(8-18)3-5-12(14)16/h2-7,17-18H,8H2,1H3. The highest BCUT2D eigenvalue weighted by Gasteiger charge is 2.19. The van der Waals surface area contributed by atoms with Gasteiger partial charge < -0.3 is 5.11 Å². The Labute approximate surface area is 133 Å². The van der Waals surface area contributed by atoms with Crippen LogP contribution in [0, 0.1) is 6.92 Å². The molecule has 0 unspecified atom stereocenters. The molecule has 2 aromatic rings. The number of halogens is 2. The molecule has 7 heteroatoms. The van der Waals surface area contributed by atoms with Gasteiger partial charge >= 0.3 is 0 Å². The van der Waals surface area contributed by atoms with Crippen molar-refractivity contribution in [3.63, 3.8) is 0 Å². The lowest BCUT2D eigenvalue weighted by Gasteiger charge is -2.12. The lowest BCUT2D eigenvalue weighted by atomic mass is 10.2. The number of hydrogen-bond acceptors (Lipinski definition) is 3. The van der Waals surface area contributed by atoms with Crippen molar-refractivity contribution in [3.05, 3.63) is 57.6 Å². The van der Waals surface area contributed by atoms with Crippen LogP contribution in [0.15, 0.2) is 41.3 Å². The Kier molecular flexibility index (Phi) is 4.78. The highest BCUT2D eigenvalue weighted by molar-refractivity contribution is 7.92. The predicted octanol–water partition coefficient (Wildman–Crippen LogP) is 3.59. The Hall–Kier alpha value is -1.27. The summed E-state index contributed by atoms with van der Waals surface area (Å²) in [7, 11) is -3.89.